The first-order valence-electron chi connectivity index (χ1n) is 4.01. The van der Waals surface area contributed by atoms with Gasteiger partial charge in [-0.05, 0) is 18.8 Å². The van der Waals surface area contributed by atoms with Crippen LogP contribution in [-0.2, 0) is 4.79 Å². The maximum atomic E-state index is 11.2. The molecule has 2 bridgehead atoms. The standard InChI is InChI=1S/C9H12O/c1-6-7-4-2-3-5-8(6)9(7)10/h2,4,6-8H,3,5H2,1H3/t6-,7+,8-/m0/s1. The highest BCUT2D eigenvalue weighted by Gasteiger charge is 2.45. The second-order valence-corrected chi connectivity index (χ2v) is 3.40. The largest absolute Gasteiger partial charge is 0.299 e. The van der Waals surface area contributed by atoms with Crippen molar-refractivity contribution in [3.05, 3.63) is 12.2 Å². The second kappa shape index (κ2) is 1.94. The number of hydrogen-bond acceptors (Lipinski definition) is 1. The summed E-state index contributed by atoms with van der Waals surface area (Å²) in [5, 5.41) is 0. The first-order chi connectivity index (χ1) is 4.80. The van der Waals surface area contributed by atoms with Gasteiger partial charge in [0.1, 0.15) is 5.78 Å². The van der Waals surface area contributed by atoms with Gasteiger partial charge in [0, 0.05) is 11.8 Å². The lowest BCUT2D eigenvalue weighted by molar-refractivity contribution is -0.138. The first-order valence-corrected chi connectivity index (χ1v) is 4.01. The summed E-state index contributed by atoms with van der Waals surface area (Å²) >= 11 is 0. The average Bonchev–Trinajstić information content (AvgIpc) is 2.22. The maximum Gasteiger partial charge on any atom is 0.143 e. The van der Waals surface area contributed by atoms with E-state index in [1.54, 1.807) is 0 Å². The van der Waals surface area contributed by atoms with Crippen molar-refractivity contribution in [1.29, 1.82) is 0 Å². The summed E-state index contributed by atoms with van der Waals surface area (Å²) < 4.78 is 0. The van der Waals surface area contributed by atoms with Gasteiger partial charge in [0.05, 0.1) is 0 Å². The van der Waals surface area contributed by atoms with E-state index in [2.05, 4.69) is 19.1 Å². The first kappa shape index (κ1) is 6.14. The Balaban J connectivity index is 2.24. The third-order valence-electron chi connectivity index (χ3n) is 2.88. The van der Waals surface area contributed by atoms with Crippen LogP contribution in [0.2, 0.25) is 0 Å². The van der Waals surface area contributed by atoms with Crippen LogP contribution in [0.25, 0.3) is 0 Å². The Morgan fingerprint density at radius 1 is 1.60 bits per heavy atom. The SMILES string of the molecule is C[C@@H]1[C@@H]2CCC=C[C@H]1C2=O. The molecule has 0 N–H and O–H groups in total. The Morgan fingerprint density at radius 3 is 3.10 bits per heavy atom. The van der Waals surface area contributed by atoms with Crippen LogP contribution in [0.4, 0.5) is 0 Å². The van der Waals surface area contributed by atoms with Gasteiger partial charge in [-0.2, -0.15) is 0 Å². The lowest BCUT2D eigenvalue weighted by atomic mass is 9.64. The minimum Gasteiger partial charge on any atom is -0.299 e. The minimum absolute atomic E-state index is 0.285. The number of Topliss-reactive ketones (excluding diaryl/α,β-unsaturated/α-hetero) is 1. The van der Waals surface area contributed by atoms with Crippen molar-refractivity contribution in [2.24, 2.45) is 17.8 Å². The van der Waals surface area contributed by atoms with Crippen LogP contribution >= 0.6 is 0 Å². The summed E-state index contributed by atoms with van der Waals surface area (Å²) in [4.78, 5) is 11.2. The molecule has 0 aromatic rings. The third kappa shape index (κ3) is 0.606. The van der Waals surface area contributed by atoms with Crippen molar-refractivity contribution >= 4 is 5.78 Å². The smallest absolute Gasteiger partial charge is 0.143 e. The topological polar surface area (TPSA) is 17.1 Å². The van der Waals surface area contributed by atoms with E-state index < -0.39 is 0 Å². The van der Waals surface area contributed by atoms with E-state index in [0.29, 0.717) is 17.6 Å². The van der Waals surface area contributed by atoms with Gasteiger partial charge in [-0.15, -0.1) is 0 Å². The fraction of sp³-hybridized carbons (Fsp3) is 0.667. The molecule has 0 aliphatic heterocycles. The Labute approximate surface area is 61.1 Å². The van der Waals surface area contributed by atoms with E-state index in [9.17, 15) is 4.79 Å². The van der Waals surface area contributed by atoms with Gasteiger partial charge in [-0.1, -0.05) is 19.1 Å². The van der Waals surface area contributed by atoms with E-state index in [1.807, 2.05) is 0 Å². The fourth-order valence-electron chi connectivity index (χ4n) is 2.09. The van der Waals surface area contributed by atoms with Crippen molar-refractivity contribution in [2.45, 2.75) is 19.8 Å². The minimum atomic E-state index is 0.285. The van der Waals surface area contributed by atoms with Gasteiger partial charge < -0.3 is 0 Å². The molecule has 1 heteroatoms. The summed E-state index contributed by atoms with van der Waals surface area (Å²) in [5.74, 6) is 1.81. The van der Waals surface area contributed by atoms with Gasteiger partial charge in [0.25, 0.3) is 0 Å². The maximum absolute atomic E-state index is 11.2. The molecule has 0 radical (unpaired) electrons. The zero-order valence-corrected chi connectivity index (χ0v) is 6.21. The molecule has 3 aliphatic carbocycles. The summed E-state index contributed by atoms with van der Waals surface area (Å²) in [7, 11) is 0. The molecule has 0 aromatic carbocycles. The molecule has 3 atom stereocenters. The number of allylic oxidation sites excluding steroid dienone is 2. The van der Waals surface area contributed by atoms with Crippen molar-refractivity contribution in [3.8, 4) is 0 Å². The lowest BCUT2D eigenvalue weighted by Crippen LogP contribution is -2.43. The molecule has 1 fully saturated rings. The molecule has 0 amide bonds. The van der Waals surface area contributed by atoms with E-state index in [1.165, 1.54) is 0 Å². The average molecular weight is 136 g/mol. The quantitative estimate of drug-likeness (QED) is 0.464. The molecule has 3 aliphatic rings. The van der Waals surface area contributed by atoms with Crippen LogP contribution in [-0.4, -0.2) is 5.78 Å². The lowest BCUT2D eigenvalue weighted by Gasteiger charge is -2.37. The normalized spacial score (nSPS) is 44.5. The molecule has 1 saturated carbocycles. The molecule has 0 heterocycles. The number of ketones is 1. The summed E-state index contributed by atoms with van der Waals surface area (Å²) in [6.45, 7) is 2.19. The second-order valence-electron chi connectivity index (χ2n) is 3.40. The highest BCUT2D eigenvalue weighted by molar-refractivity contribution is 5.91. The molecule has 0 saturated heterocycles. The van der Waals surface area contributed by atoms with Crippen molar-refractivity contribution < 1.29 is 4.79 Å². The highest BCUT2D eigenvalue weighted by atomic mass is 16.1. The molecule has 0 aromatic heterocycles. The van der Waals surface area contributed by atoms with Crippen LogP contribution in [0, 0.1) is 17.8 Å². The van der Waals surface area contributed by atoms with Crippen LogP contribution in [0.1, 0.15) is 19.8 Å². The monoisotopic (exact) mass is 136 g/mol. The molecule has 3 rings (SSSR count). The van der Waals surface area contributed by atoms with Gasteiger partial charge in [0.15, 0.2) is 0 Å². The molecular formula is C9H12O. The summed E-state index contributed by atoms with van der Waals surface area (Å²) in [5.41, 5.74) is 0. The molecule has 10 heavy (non-hydrogen) atoms. The van der Waals surface area contributed by atoms with Crippen LogP contribution in [0.15, 0.2) is 12.2 Å². The molecular weight excluding hydrogens is 124 g/mol. The van der Waals surface area contributed by atoms with E-state index in [-0.39, 0.29) is 5.92 Å². The zero-order valence-electron chi connectivity index (χ0n) is 6.21. The number of carbonyl (C=O) groups excluding carboxylic acids is 1. The summed E-state index contributed by atoms with van der Waals surface area (Å²) in [6.07, 6.45) is 6.45. The summed E-state index contributed by atoms with van der Waals surface area (Å²) in [6, 6.07) is 0. The Kier molecular flexibility index (Phi) is 1.19. The number of fused-ring (bicyclic) bond motifs is 2. The van der Waals surface area contributed by atoms with Crippen LogP contribution < -0.4 is 0 Å². The van der Waals surface area contributed by atoms with Crippen molar-refractivity contribution in [3.63, 3.8) is 0 Å². The molecule has 54 valence electrons. The van der Waals surface area contributed by atoms with E-state index in [0.717, 1.165) is 12.8 Å². The zero-order chi connectivity index (χ0) is 7.14. The highest BCUT2D eigenvalue weighted by Crippen LogP contribution is 2.42. The fourth-order valence-corrected chi connectivity index (χ4v) is 2.09. The van der Waals surface area contributed by atoms with Crippen LogP contribution in [0.3, 0.4) is 0 Å². The van der Waals surface area contributed by atoms with Crippen molar-refractivity contribution in [2.75, 3.05) is 0 Å². The predicted octanol–water partition coefficient (Wildman–Crippen LogP) is 1.79. The van der Waals surface area contributed by atoms with E-state index >= 15 is 0 Å². The number of hydrogen-bond donors (Lipinski definition) is 0. The Morgan fingerprint density at radius 2 is 2.40 bits per heavy atom. The molecule has 0 spiro atoms. The number of rotatable bonds is 0. The Hall–Kier alpha value is -0.590. The van der Waals surface area contributed by atoms with Crippen LogP contribution in [0.5, 0.6) is 0 Å². The number of carbonyl (C=O) groups is 1. The third-order valence-corrected chi connectivity index (χ3v) is 2.88. The van der Waals surface area contributed by atoms with Gasteiger partial charge in [-0.25, -0.2) is 0 Å². The van der Waals surface area contributed by atoms with Gasteiger partial charge in [0.2, 0.25) is 0 Å². The predicted molar refractivity (Wildman–Crippen MR) is 39.5 cm³/mol. The Bertz CT molecular complexity index is 193. The van der Waals surface area contributed by atoms with Gasteiger partial charge in [-0.3, -0.25) is 4.79 Å². The van der Waals surface area contributed by atoms with Gasteiger partial charge >= 0.3 is 0 Å². The molecule has 0 unspecified atom stereocenters. The van der Waals surface area contributed by atoms with Crippen molar-refractivity contribution in [1.82, 2.24) is 0 Å². The molecule has 1 nitrogen and oxygen atoms in total. The van der Waals surface area contributed by atoms with E-state index in [4.69, 9.17) is 0 Å².